The van der Waals surface area contributed by atoms with Gasteiger partial charge in [0.15, 0.2) is 0 Å². The molecule has 11 heavy (non-hydrogen) atoms. The van der Waals surface area contributed by atoms with Gasteiger partial charge in [-0.05, 0) is 31.1 Å². The van der Waals surface area contributed by atoms with Gasteiger partial charge in [-0.2, -0.15) is 0 Å². The van der Waals surface area contributed by atoms with Crippen molar-refractivity contribution in [3.8, 4) is 0 Å². The Kier molecular flexibility index (Phi) is 2.24. The van der Waals surface area contributed by atoms with Crippen molar-refractivity contribution in [2.24, 2.45) is 11.1 Å². The Bertz CT molecular complexity index is 138. The van der Waals surface area contributed by atoms with Crippen LogP contribution >= 0.6 is 0 Å². The van der Waals surface area contributed by atoms with E-state index in [9.17, 15) is 4.39 Å². The van der Waals surface area contributed by atoms with Crippen molar-refractivity contribution < 1.29 is 4.39 Å². The lowest BCUT2D eigenvalue weighted by Gasteiger charge is -2.22. The fraction of sp³-hybridized carbons (Fsp3) is 1.00. The van der Waals surface area contributed by atoms with Crippen LogP contribution < -0.4 is 5.73 Å². The Morgan fingerprint density at radius 2 is 2.00 bits per heavy atom. The van der Waals surface area contributed by atoms with Gasteiger partial charge in [-0.15, -0.1) is 0 Å². The fourth-order valence-corrected chi connectivity index (χ4v) is 1.06. The van der Waals surface area contributed by atoms with Crippen molar-refractivity contribution in [2.75, 3.05) is 6.67 Å². The van der Waals surface area contributed by atoms with E-state index >= 15 is 0 Å². The maximum absolute atomic E-state index is 12.3. The molecule has 0 heterocycles. The first-order chi connectivity index (χ1) is 4.97. The van der Waals surface area contributed by atoms with Gasteiger partial charge in [0.2, 0.25) is 0 Å². The van der Waals surface area contributed by atoms with Crippen LogP contribution in [0.4, 0.5) is 4.39 Å². The van der Waals surface area contributed by atoms with E-state index in [0.29, 0.717) is 0 Å². The van der Waals surface area contributed by atoms with E-state index in [1.165, 1.54) is 0 Å². The van der Waals surface area contributed by atoms with Crippen LogP contribution in [0.5, 0.6) is 0 Å². The van der Waals surface area contributed by atoms with Crippen molar-refractivity contribution in [2.45, 2.75) is 45.1 Å². The highest BCUT2D eigenvalue weighted by molar-refractivity contribution is 4.99. The van der Waals surface area contributed by atoms with Gasteiger partial charge in [0.05, 0.1) is 6.67 Å². The molecular formula is C9H18FN. The van der Waals surface area contributed by atoms with Gasteiger partial charge in [0.1, 0.15) is 0 Å². The number of halogens is 1. The number of hydrogen-bond acceptors (Lipinski definition) is 1. The number of rotatable bonds is 4. The highest BCUT2D eigenvalue weighted by atomic mass is 19.1. The van der Waals surface area contributed by atoms with Crippen LogP contribution in [0, 0.1) is 5.41 Å². The van der Waals surface area contributed by atoms with E-state index in [1.54, 1.807) is 0 Å². The van der Waals surface area contributed by atoms with Gasteiger partial charge < -0.3 is 5.73 Å². The Morgan fingerprint density at radius 3 is 2.36 bits per heavy atom. The maximum Gasteiger partial charge on any atom is 0.0945 e. The third kappa shape index (κ3) is 2.78. The zero-order chi connectivity index (χ0) is 8.54. The first-order valence-corrected chi connectivity index (χ1v) is 4.32. The predicted octanol–water partition coefficient (Wildman–Crippen LogP) is 2.25. The standard InChI is InChI=1S/C9H18FN/c1-8(2,7-10)3-4-9(11)5-6-9/h3-7,11H2,1-2H3. The molecule has 0 radical (unpaired) electrons. The van der Waals surface area contributed by atoms with Gasteiger partial charge in [0, 0.05) is 5.54 Å². The molecule has 1 saturated carbocycles. The SMILES string of the molecule is CC(C)(CF)CCC1(N)CC1. The van der Waals surface area contributed by atoms with Crippen LogP contribution in [0.2, 0.25) is 0 Å². The zero-order valence-electron chi connectivity index (χ0n) is 7.49. The summed E-state index contributed by atoms with van der Waals surface area (Å²) in [5.74, 6) is 0. The minimum Gasteiger partial charge on any atom is -0.325 e. The van der Waals surface area contributed by atoms with Crippen LogP contribution in [0.1, 0.15) is 39.5 Å². The molecule has 2 N–H and O–H groups in total. The van der Waals surface area contributed by atoms with Gasteiger partial charge in [-0.1, -0.05) is 13.8 Å². The third-order valence-electron chi connectivity index (χ3n) is 2.55. The lowest BCUT2D eigenvalue weighted by atomic mass is 9.87. The summed E-state index contributed by atoms with van der Waals surface area (Å²) in [7, 11) is 0. The normalized spacial score (nSPS) is 21.8. The third-order valence-corrected chi connectivity index (χ3v) is 2.55. The lowest BCUT2D eigenvalue weighted by Crippen LogP contribution is -2.25. The van der Waals surface area contributed by atoms with E-state index in [0.717, 1.165) is 25.7 Å². The van der Waals surface area contributed by atoms with E-state index in [2.05, 4.69) is 0 Å². The summed E-state index contributed by atoms with van der Waals surface area (Å²) in [6, 6.07) is 0. The summed E-state index contributed by atoms with van der Waals surface area (Å²) in [4.78, 5) is 0. The van der Waals surface area contributed by atoms with Crippen molar-refractivity contribution >= 4 is 0 Å². The van der Waals surface area contributed by atoms with Gasteiger partial charge in [-0.25, -0.2) is 0 Å². The Labute approximate surface area is 68.2 Å². The average Bonchev–Trinajstić information content (AvgIpc) is 2.66. The molecule has 2 heteroatoms. The molecule has 0 aromatic heterocycles. The second-order valence-electron chi connectivity index (χ2n) is 4.66. The second-order valence-corrected chi connectivity index (χ2v) is 4.66. The molecule has 0 saturated heterocycles. The lowest BCUT2D eigenvalue weighted by molar-refractivity contribution is 0.227. The van der Waals surface area contributed by atoms with E-state index in [-0.39, 0.29) is 17.6 Å². The molecule has 0 unspecified atom stereocenters. The predicted molar refractivity (Wildman–Crippen MR) is 45.1 cm³/mol. The molecule has 1 nitrogen and oxygen atoms in total. The van der Waals surface area contributed by atoms with Crippen molar-refractivity contribution in [1.82, 2.24) is 0 Å². The highest BCUT2D eigenvalue weighted by Gasteiger charge is 2.38. The van der Waals surface area contributed by atoms with Crippen molar-refractivity contribution in [1.29, 1.82) is 0 Å². The first kappa shape index (κ1) is 8.98. The second kappa shape index (κ2) is 2.74. The van der Waals surface area contributed by atoms with E-state index < -0.39 is 0 Å². The van der Waals surface area contributed by atoms with Gasteiger partial charge >= 0.3 is 0 Å². The minimum absolute atomic E-state index is 0.0897. The highest BCUT2D eigenvalue weighted by Crippen LogP contribution is 2.39. The van der Waals surface area contributed by atoms with Gasteiger partial charge in [-0.3, -0.25) is 4.39 Å². The summed E-state index contributed by atoms with van der Waals surface area (Å²) in [5, 5.41) is 0. The number of hydrogen-bond donors (Lipinski definition) is 1. The molecular weight excluding hydrogens is 141 g/mol. The van der Waals surface area contributed by atoms with Crippen molar-refractivity contribution in [3.63, 3.8) is 0 Å². The average molecular weight is 159 g/mol. The smallest absolute Gasteiger partial charge is 0.0945 e. The van der Waals surface area contributed by atoms with Crippen LogP contribution in [0.25, 0.3) is 0 Å². The Hall–Kier alpha value is -0.110. The molecule has 66 valence electrons. The topological polar surface area (TPSA) is 26.0 Å². The number of nitrogens with two attached hydrogens (primary N) is 1. The molecule has 0 amide bonds. The molecule has 1 aliphatic rings. The van der Waals surface area contributed by atoms with Crippen LogP contribution in [-0.2, 0) is 0 Å². The summed E-state index contributed by atoms with van der Waals surface area (Å²) >= 11 is 0. The first-order valence-electron chi connectivity index (χ1n) is 4.32. The summed E-state index contributed by atoms with van der Waals surface area (Å²) in [6.45, 7) is 3.68. The molecule has 0 aromatic rings. The summed E-state index contributed by atoms with van der Waals surface area (Å²) in [5.41, 5.74) is 5.82. The van der Waals surface area contributed by atoms with E-state index in [1.807, 2.05) is 13.8 Å². The molecule has 1 fully saturated rings. The summed E-state index contributed by atoms with van der Waals surface area (Å²) in [6.07, 6.45) is 4.18. The molecule has 0 spiro atoms. The monoisotopic (exact) mass is 159 g/mol. The maximum atomic E-state index is 12.3. The largest absolute Gasteiger partial charge is 0.325 e. The molecule has 0 atom stereocenters. The van der Waals surface area contributed by atoms with E-state index in [4.69, 9.17) is 5.73 Å². The molecule has 0 bridgehead atoms. The van der Waals surface area contributed by atoms with Crippen molar-refractivity contribution in [3.05, 3.63) is 0 Å². The summed E-state index contributed by atoms with van der Waals surface area (Å²) < 4.78 is 12.3. The van der Waals surface area contributed by atoms with Crippen LogP contribution in [-0.4, -0.2) is 12.2 Å². The molecule has 0 aliphatic heterocycles. The Morgan fingerprint density at radius 1 is 1.45 bits per heavy atom. The van der Waals surface area contributed by atoms with Crippen LogP contribution in [0.3, 0.4) is 0 Å². The Balaban J connectivity index is 2.20. The minimum atomic E-state index is -0.233. The fourth-order valence-electron chi connectivity index (χ4n) is 1.06. The van der Waals surface area contributed by atoms with Crippen LogP contribution in [0.15, 0.2) is 0 Å². The molecule has 0 aromatic carbocycles. The molecule has 1 rings (SSSR count). The zero-order valence-corrected chi connectivity index (χ0v) is 7.49. The van der Waals surface area contributed by atoms with Gasteiger partial charge in [0.25, 0.3) is 0 Å². The quantitative estimate of drug-likeness (QED) is 0.669. The molecule has 1 aliphatic carbocycles. The number of alkyl halides is 1.